The van der Waals surface area contributed by atoms with Crippen LogP contribution in [0.2, 0.25) is 5.02 Å². The van der Waals surface area contributed by atoms with Gasteiger partial charge in [-0.1, -0.05) is 29.8 Å². The largest absolute Gasteiger partial charge is 0.316 e. The summed E-state index contributed by atoms with van der Waals surface area (Å²) < 4.78 is 0. The fourth-order valence-electron chi connectivity index (χ4n) is 4.35. The molecule has 2 aliphatic rings. The molecule has 2 heterocycles. The summed E-state index contributed by atoms with van der Waals surface area (Å²) >= 11 is 6.17. The van der Waals surface area contributed by atoms with Crippen molar-refractivity contribution in [3.8, 4) is 0 Å². The van der Waals surface area contributed by atoms with Gasteiger partial charge in [0, 0.05) is 30.0 Å². The molecular weight excluding hydrogens is 384 g/mol. The first kappa shape index (κ1) is 20.1. The molecule has 2 aliphatic heterocycles. The Kier molecular flexibility index (Phi) is 6.31. The predicted molar refractivity (Wildman–Crippen MR) is 117 cm³/mol. The van der Waals surface area contributed by atoms with Crippen LogP contribution in [0.4, 0.5) is 5.69 Å². The van der Waals surface area contributed by atoms with Crippen molar-refractivity contribution in [3.63, 3.8) is 0 Å². The third kappa shape index (κ3) is 4.54. The number of anilines is 1. The SMILES string of the molecule is O=C(CCCCNCCc1ccccc1Cl)c1cc2c3c(c1)CCN3C(=O)CC2. The fraction of sp³-hybridized carbons (Fsp3) is 0.417. The Morgan fingerprint density at radius 2 is 1.83 bits per heavy atom. The Morgan fingerprint density at radius 3 is 2.66 bits per heavy atom. The highest BCUT2D eigenvalue weighted by atomic mass is 35.5. The van der Waals surface area contributed by atoms with E-state index in [1.165, 1.54) is 11.1 Å². The van der Waals surface area contributed by atoms with Crippen LogP contribution in [0.25, 0.3) is 0 Å². The van der Waals surface area contributed by atoms with Gasteiger partial charge in [0.05, 0.1) is 5.69 Å². The number of carbonyl (C=O) groups is 2. The number of ketones is 1. The molecule has 0 radical (unpaired) electrons. The maximum absolute atomic E-state index is 12.7. The van der Waals surface area contributed by atoms with Crippen LogP contribution in [0.5, 0.6) is 0 Å². The lowest BCUT2D eigenvalue weighted by atomic mass is 9.94. The molecule has 0 unspecified atom stereocenters. The lowest BCUT2D eigenvalue weighted by Gasteiger charge is -2.25. The topological polar surface area (TPSA) is 49.4 Å². The maximum Gasteiger partial charge on any atom is 0.227 e. The summed E-state index contributed by atoms with van der Waals surface area (Å²) in [6.45, 7) is 2.56. The number of rotatable bonds is 9. The van der Waals surface area contributed by atoms with Crippen LogP contribution in [0.1, 0.15) is 52.7 Å². The lowest BCUT2D eigenvalue weighted by Crippen LogP contribution is -2.32. The fourth-order valence-corrected chi connectivity index (χ4v) is 4.58. The second-order valence-corrected chi connectivity index (χ2v) is 8.32. The lowest BCUT2D eigenvalue weighted by molar-refractivity contribution is -0.118. The first-order valence-corrected chi connectivity index (χ1v) is 10.9. The maximum atomic E-state index is 12.7. The van der Waals surface area contributed by atoms with E-state index in [1.807, 2.05) is 35.2 Å². The van der Waals surface area contributed by atoms with E-state index < -0.39 is 0 Å². The van der Waals surface area contributed by atoms with Crippen molar-refractivity contribution < 1.29 is 9.59 Å². The van der Waals surface area contributed by atoms with Gasteiger partial charge in [-0.3, -0.25) is 9.59 Å². The van der Waals surface area contributed by atoms with Gasteiger partial charge in [0.1, 0.15) is 0 Å². The molecule has 2 aromatic carbocycles. The predicted octanol–water partition coefficient (Wildman–Crippen LogP) is 4.36. The number of hydrogen-bond acceptors (Lipinski definition) is 3. The number of hydrogen-bond donors (Lipinski definition) is 1. The summed E-state index contributed by atoms with van der Waals surface area (Å²) in [5.41, 5.74) is 5.41. The normalized spacial score (nSPS) is 14.9. The van der Waals surface area contributed by atoms with Gasteiger partial charge in [-0.25, -0.2) is 0 Å². The molecule has 0 spiro atoms. The highest BCUT2D eigenvalue weighted by Crippen LogP contribution is 2.37. The van der Waals surface area contributed by atoms with Gasteiger partial charge < -0.3 is 10.2 Å². The molecule has 152 valence electrons. The van der Waals surface area contributed by atoms with E-state index in [-0.39, 0.29) is 11.7 Å². The van der Waals surface area contributed by atoms with Gasteiger partial charge in [-0.05, 0) is 80.1 Å². The second-order valence-electron chi connectivity index (χ2n) is 7.91. The van der Waals surface area contributed by atoms with E-state index >= 15 is 0 Å². The third-order valence-corrected chi connectivity index (χ3v) is 6.28. The molecule has 2 aromatic rings. The molecular formula is C24H27ClN2O2. The standard InChI is InChI=1S/C24H27ClN2O2/c25-21-6-2-1-5-17(21)10-13-26-12-4-3-7-22(28)20-15-18-8-9-23(29)27-14-11-19(16-20)24(18)27/h1-2,5-6,15-16,26H,3-4,7-14H2. The Bertz CT molecular complexity index is 925. The zero-order valence-corrected chi connectivity index (χ0v) is 17.4. The van der Waals surface area contributed by atoms with E-state index in [4.69, 9.17) is 11.6 Å². The van der Waals surface area contributed by atoms with Crippen molar-refractivity contribution >= 4 is 29.0 Å². The smallest absolute Gasteiger partial charge is 0.227 e. The Labute approximate surface area is 177 Å². The van der Waals surface area contributed by atoms with Gasteiger partial charge in [-0.2, -0.15) is 0 Å². The van der Waals surface area contributed by atoms with Crippen LogP contribution in [0.3, 0.4) is 0 Å². The van der Waals surface area contributed by atoms with E-state index in [0.29, 0.717) is 12.8 Å². The third-order valence-electron chi connectivity index (χ3n) is 5.91. The minimum absolute atomic E-state index is 0.218. The van der Waals surface area contributed by atoms with E-state index in [0.717, 1.165) is 73.6 Å². The van der Waals surface area contributed by atoms with Crippen LogP contribution in [0.15, 0.2) is 36.4 Å². The molecule has 1 N–H and O–H groups in total. The van der Waals surface area contributed by atoms with Crippen LogP contribution in [-0.2, 0) is 24.1 Å². The monoisotopic (exact) mass is 410 g/mol. The van der Waals surface area contributed by atoms with Crippen LogP contribution in [-0.4, -0.2) is 31.3 Å². The van der Waals surface area contributed by atoms with Crippen molar-refractivity contribution in [2.24, 2.45) is 0 Å². The zero-order valence-electron chi connectivity index (χ0n) is 16.7. The molecule has 4 nitrogen and oxygen atoms in total. The van der Waals surface area contributed by atoms with Gasteiger partial charge in [0.2, 0.25) is 5.91 Å². The van der Waals surface area contributed by atoms with Gasteiger partial charge >= 0.3 is 0 Å². The summed E-state index contributed by atoms with van der Waals surface area (Å²) in [5.74, 6) is 0.438. The summed E-state index contributed by atoms with van der Waals surface area (Å²) in [4.78, 5) is 26.6. The second kappa shape index (κ2) is 9.10. The van der Waals surface area contributed by atoms with E-state index in [2.05, 4.69) is 11.4 Å². The molecule has 0 atom stereocenters. The molecule has 29 heavy (non-hydrogen) atoms. The number of carbonyl (C=O) groups excluding carboxylic acids is 2. The van der Waals surface area contributed by atoms with Crippen molar-refractivity contribution in [1.29, 1.82) is 0 Å². The molecule has 0 aliphatic carbocycles. The van der Waals surface area contributed by atoms with Crippen LogP contribution < -0.4 is 10.2 Å². The number of amides is 1. The highest BCUT2D eigenvalue weighted by Gasteiger charge is 2.31. The number of nitrogens with zero attached hydrogens (tertiary/aromatic N) is 1. The average molecular weight is 411 g/mol. The number of unbranched alkanes of at least 4 members (excludes halogenated alkanes) is 1. The molecule has 0 bridgehead atoms. The van der Waals surface area contributed by atoms with E-state index in [1.54, 1.807) is 0 Å². The van der Waals surface area contributed by atoms with Crippen molar-refractivity contribution in [2.75, 3.05) is 24.5 Å². The van der Waals surface area contributed by atoms with Crippen LogP contribution in [0, 0.1) is 0 Å². The number of aryl methyl sites for hydroxylation is 1. The zero-order chi connectivity index (χ0) is 20.2. The molecule has 4 rings (SSSR count). The molecule has 0 aromatic heterocycles. The van der Waals surface area contributed by atoms with Gasteiger partial charge in [0.15, 0.2) is 5.78 Å². The molecule has 1 amide bonds. The van der Waals surface area contributed by atoms with Crippen molar-refractivity contribution in [1.82, 2.24) is 5.32 Å². The number of benzene rings is 2. The Hall–Kier alpha value is -2.17. The average Bonchev–Trinajstić information content (AvgIpc) is 3.16. The molecule has 0 saturated heterocycles. The van der Waals surface area contributed by atoms with E-state index in [9.17, 15) is 9.59 Å². The Morgan fingerprint density at radius 1 is 1.03 bits per heavy atom. The summed E-state index contributed by atoms with van der Waals surface area (Å²) in [6, 6.07) is 12.0. The quantitative estimate of drug-likeness (QED) is 0.493. The highest BCUT2D eigenvalue weighted by molar-refractivity contribution is 6.31. The summed E-state index contributed by atoms with van der Waals surface area (Å²) in [6.07, 6.45) is 5.54. The summed E-state index contributed by atoms with van der Waals surface area (Å²) in [5, 5.41) is 4.26. The molecule has 5 heteroatoms. The molecule has 0 saturated carbocycles. The number of halogens is 1. The minimum Gasteiger partial charge on any atom is -0.316 e. The Balaban J connectivity index is 1.21. The minimum atomic E-state index is 0.218. The van der Waals surface area contributed by atoms with Crippen molar-refractivity contribution in [2.45, 2.75) is 44.9 Å². The number of nitrogens with one attached hydrogen (secondary N) is 1. The first-order valence-electron chi connectivity index (χ1n) is 10.6. The first-order chi connectivity index (χ1) is 14.1. The van der Waals surface area contributed by atoms with Crippen molar-refractivity contribution in [3.05, 3.63) is 63.7 Å². The molecule has 0 fully saturated rings. The van der Waals surface area contributed by atoms with Gasteiger partial charge in [-0.15, -0.1) is 0 Å². The summed E-state index contributed by atoms with van der Waals surface area (Å²) in [7, 11) is 0. The number of Topliss-reactive ketones (excluding diaryl/α,β-unsaturated/α-hetero) is 1. The van der Waals surface area contributed by atoms with Gasteiger partial charge in [0.25, 0.3) is 0 Å². The van der Waals surface area contributed by atoms with Crippen LogP contribution >= 0.6 is 11.6 Å².